The Balaban J connectivity index is 1.94. The standard InChI is InChI=1S/C14H20BrNO2/c1-10(11-5-6-18-9-11)16-8-12-7-13(15)3-4-14(12)17-2/h3-4,7,10-11,16H,5-6,8-9H2,1-2H3. The molecular formula is C14H20BrNO2. The molecule has 0 radical (unpaired) electrons. The quantitative estimate of drug-likeness (QED) is 0.906. The second-order valence-electron chi connectivity index (χ2n) is 4.75. The highest BCUT2D eigenvalue weighted by Crippen LogP contribution is 2.23. The summed E-state index contributed by atoms with van der Waals surface area (Å²) in [7, 11) is 1.71. The summed E-state index contributed by atoms with van der Waals surface area (Å²) < 4.78 is 11.9. The van der Waals surface area contributed by atoms with Crippen LogP contribution in [0.3, 0.4) is 0 Å². The topological polar surface area (TPSA) is 30.5 Å². The molecule has 1 aliphatic heterocycles. The number of rotatable bonds is 5. The Morgan fingerprint density at radius 1 is 1.56 bits per heavy atom. The lowest BCUT2D eigenvalue weighted by Gasteiger charge is -2.20. The van der Waals surface area contributed by atoms with Crippen molar-refractivity contribution < 1.29 is 9.47 Å². The average molecular weight is 314 g/mol. The van der Waals surface area contributed by atoms with Crippen molar-refractivity contribution in [2.24, 2.45) is 5.92 Å². The number of hydrogen-bond donors (Lipinski definition) is 1. The lowest BCUT2D eigenvalue weighted by atomic mass is 10.0. The minimum atomic E-state index is 0.469. The fourth-order valence-electron chi connectivity index (χ4n) is 2.27. The maximum Gasteiger partial charge on any atom is 0.123 e. The van der Waals surface area contributed by atoms with Gasteiger partial charge in [-0.3, -0.25) is 0 Å². The molecule has 4 heteroatoms. The van der Waals surface area contributed by atoms with E-state index in [1.54, 1.807) is 7.11 Å². The van der Waals surface area contributed by atoms with E-state index >= 15 is 0 Å². The summed E-state index contributed by atoms with van der Waals surface area (Å²) >= 11 is 3.50. The maximum atomic E-state index is 5.42. The summed E-state index contributed by atoms with van der Waals surface area (Å²) in [4.78, 5) is 0. The molecule has 100 valence electrons. The van der Waals surface area contributed by atoms with Crippen LogP contribution in [0.1, 0.15) is 18.9 Å². The van der Waals surface area contributed by atoms with E-state index in [1.165, 1.54) is 5.56 Å². The van der Waals surface area contributed by atoms with E-state index in [1.807, 2.05) is 12.1 Å². The highest BCUT2D eigenvalue weighted by Gasteiger charge is 2.21. The largest absolute Gasteiger partial charge is 0.496 e. The first-order valence-electron chi connectivity index (χ1n) is 6.34. The van der Waals surface area contributed by atoms with Gasteiger partial charge in [0.25, 0.3) is 0 Å². The molecule has 0 amide bonds. The minimum Gasteiger partial charge on any atom is -0.496 e. The van der Waals surface area contributed by atoms with Gasteiger partial charge in [-0.1, -0.05) is 15.9 Å². The first-order valence-corrected chi connectivity index (χ1v) is 7.13. The van der Waals surface area contributed by atoms with Gasteiger partial charge in [-0.25, -0.2) is 0 Å². The van der Waals surface area contributed by atoms with Gasteiger partial charge in [-0.15, -0.1) is 0 Å². The van der Waals surface area contributed by atoms with Gasteiger partial charge in [0.2, 0.25) is 0 Å². The SMILES string of the molecule is COc1ccc(Br)cc1CNC(C)C1CCOC1. The van der Waals surface area contributed by atoms with Crippen molar-refractivity contribution in [1.29, 1.82) is 0 Å². The Bertz CT molecular complexity index is 391. The Morgan fingerprint density at radius 3 is 3.06 bits per heavy atom. The smallest absolute Gasteiger partial charge is 0.123 e. The van der Waals surface area contributed by atoms with E-state index in [2.05, 4.69) is 34.2 Å². The van der Waals surface area contributed by atoms with Crippen LogP contribution < -0.4 is 10.1 Å². The van der Waals surface area contributed by atoms with Crippen LogP contribution in [0.5, 0.6) is 5.75 Å². The lowest BCUT2D eigenvalue weighted by molar-refractivity contribution is 0.178. The fraction of sp³-hybridized carbons (Fsp3) is 0.571. The third-order valence-electron chi connectivity index (χ3n) is 3.53. The van der Waals surface area contributed by atoms with Gasteiger partial charge in [-0.2, -0.15) is 0 Å². The predicted molar refractivity (Wildman–Crippen MR) is 75.9 cm³/mol. The van der Waals surface area contributed by atoms with Crippen molar-refractivity contribution in [3.05, 3.63) is 28.2 Å². The summed E-state index contributed by atoms with van der Waals surface area (Å²) in [6.07, 6.45) is 1.16. The molecule has 0 aliphatic carbocycles. The van der Waals surface area contributed by atoms with Crippen LogP contribution in [-0.2, 0) is 11.3 Å². The molecule has 0 bridgehead atoms. The normalized spacial score (nSPS) is 20.9. The Hall–Kier alpha value is -0.580. The molecule has 1 N–H and O–H groups in total. The van der Waals surface area contributed by atoms with Gasteiger partial charge in [0, 0.05) is 29.2 Å². The number of hydrogen-bond acceptors (Lipinski definition) is 3. The number of methoxy groups -OCH3 is 1. The summed E-state index contributed by atoms with van der Waals surface area (Å²) in [5, 5.41) is 3.56. The molecule has 1 aromatic carbocycles. The molecule has 0 saturated carbocycles. The molecule has 2 rings (SSSR count). The lowest BCUT2D eigenvalue weighted by Crippen LogP contribution is -2.33. The molecule has 1 aliphatic rings. The average Bonchev–Trinajstić information content (AvgIpc) is 2.90. The number of benzene rings is 1. The van der Waals surface area contributed by atoms with Crippen molar-refractivity contribution in [3.8, 4) is 5.75 Å². The Kier molecular flexibility index (Phi) is 5.03. The van der Waals surface area contributed by atoms with Crippen molar-refractivity contribution in [2.75, 3.05) is 20.3 Å². The molecular weight excluding hydrogens is 294 g/mol. The second-order valence-corrected chi connectivity index (χ2v) is 5.67. The van der Waals surface area contributed by atoms with Crippen molar-refractivity contribution in [2.45, 2.75) is 25.9 Å². The molecule has 0 aromatic heterocycles. The molecule has 18 heavy (non-hydrogen) atoms. The first-order chi connectivity index (χ1) is 8.70. The first kappa shape index (κ1) is 13.8. The van der Waals surface area contributed by atoms with E-state index in [-0.39, 0.29) is 0 Å². The Labute approximate surface area is 117 Å². The van der Waals surface area contributed by atoms with Crippen molar-refractivity contribution in [1.82, 2.24) is 5.32 Å². The van der Waals surface area contributed by atoms with E-state index in [4.69, 9.17) is 9.47 Å². The molecule has 1 heterocycles. The van der Waals surface area contributed by atoms with Gasteiger partial charge in [-0.05, 0) is 37.5 Å². The summed E-state index contributed by atoms with van der Waals surface area (Å²) in [6, 6.07) is 6.56. The van der Waals surface area contributed by atoms with Gasteiger partial charge in [0.15, 0.2) is 0 Å². The molecule has 1 aromatic rings. The third-order valence-corrected chi connectivity index (χ3v) is 4.02. The van der Waals surface area contributed by atoms with E-state index in [9.17, 15) is 0 Å². The number of halogens is 1. The van der Waals surface area contributed by atoms with Crippen molar-refractivity contribution in [3.63, 3.8) is 0 Å². The minimum absolute atomic E-state index is 0.469. The van der Waals surface area contributed by atoms with Gasteiger partial charge < -0.3 is 14.8 Å². The van der Waals surface area contributed by atoms with Gasteiger partial charge in [0.1, 0.15) is 5.75 Å². The number of ether oxygens (including phenoxy) is 2. The van der Waals surface area contributed by atoms with Crippen LogP contribution in [0, 0.1) is 5.92 Å². The maximum absolute atomic E-state index is 5.42. The number of nitrogens with one attached hydrogen (secondary N) is 1. The highest BCUT2D eigenvalue weighted by atomic mass is 79.9. The zero-order valence-electron chi connectivity index (χ0n) is 10.9. The van der Waals surface area contributed by atoms with Crippen LogP contribution in [0.25, 0.3) is 0 Å². The molecule has 2 unspecified atom stereocenters. The monoisotopic (exact) mass is 313 g/mol. The van der Waals surface area contributed by atoms with E-state index in [0.29, 0.717) is 12.0 Å². The molecule has 3 nitrogen and oxygen atoms in total. The molecule has 1 fully saturated rings. The van der Waals surface area contributed by atoms with Gasteiger partial charge >= 0.3 is 0 Å². The summed E-state index contributed by atoms with van der Waals surface area (Å²) in [5.41, 5.74) is 1.18. The second kappa shape index (κ2) is 6.55. The highest BCUT2D eigenvalue weighted by molar-refractivity contribution is 9.10. The Morgan fingerprint density at radius 2 is 2.39 bits per heavy atom. The molecule has 1 saturated heterocycles. The summed E-state index contributed by atoms with van der Waals surface area (Å²) in [6.45, 7) is 4.82. The van der Waals surface area contributed by atoms with Crippen LogP contribution in [-0.4, -0.2) is 26.4 Å². The fourth-order valence-corrected chi connectivity index (χ4v) is 2.68. The third kappa shape index (κ3) is 3.46. The van der Waals surface area contributed by atoms with E-state index in [0.717, 1.165) is 36.4 Å². The van der Waals surface area contributed by atoms with Crippen LogP contribution in [0.4, 0.5) is 0 Å². The zero-order valence-corrected chi connectivity index (χ0v) is 12.5. The molecule has 0 spiro atoms. The van der Waals surface area contributed by atoms with Crippen LogP contribution in [0.2, 0.25) is 0 Å². The van der Waals surface area contributed by atoms with Crippen LogP contribution >= 0.6 is 15.9 Å². The van der Waals surface area contributed by atoms with Gasteiger partial charge in [0.05, 0.1) is 13.7 Å². The zero-order chi connectivity index (χ0) is 13.0. The predicted octanol–water partition coefficient (Wildman–Crippen LogP) is 2.97. The van der Waals surface area contributed by atoms with Crippen molar-refractivity contribution >= 4 is 15.9 Å². The van der Waals surface area contributed by atoms with E-state index < -0.39 is 0 Å². The molecule has 2 atom stereocenters. The van der Waals surface area contributed by atoms with Crippen LogP contribution in [0.15, 0.2) is 22.7 Å². The summed E-state index contributed by atoms with van der Waals surface area (Å²) in [5.74, 6) is 1.56.